The van der Waals surface area contributed by atoms with Crippen molar-refractivity contribution in [3.8, 4) is 5.75 Å². The largest absolute Gasteiger partial charge is 0.487 e. The molecule has 2 aromatic rings. The second-order valence-electron chi connectivity index (χ2n) is 3.22. The summed E-state index contributed by atoms with van der Waals surface area (Å²) in [5, 5.41) is 0.548. The van der Waals surface area contributed by atoms with Gasteiger partial charge >= 0.3 is 0 Å². The minimum absolute atomic E-state index is 0. The number of nitrogens with two attached hydrogens (primary N) is 1. The molecule has 0 fully saturated rings. The molecule has 0 bridgehead atoms. The Morgan fingerprint density at radius 1 is 1.22 bits per heavy atom. The predicted octanol–water partition coefficient (Wildman–Crippen LogP) is 3.13. The van der Waals surface area contributed by atoms with Gasteiger partial charge in [0, 0.05) is 18.5 Å². The Morgan fingerprint density at radius 2 is 2.00 bits per heavy atom. The number of hydrogen-bond donors (Lipinski definition) is 1. The molecule has 2 rings (SSSR count). The molecule has 2 heterocycles. The second kappa shape index (κ2) is 7.97. The van der Waals surface area contributed by atoms with E-state index in [4.69, 9.17) is 22.1 Å². The summed E-state index contributed by atoms with van der Waals surface area (Å²) >= 11 is 5.78. The highest BCUT2D eigenvalue weighted by molar-refractivity contribution is 6.30. The number of hydrogen-bond acceptors (Lipinski definition) is 4. The van der Waals surface area contributed by atoms with Crippen molar-refractivity contribution in [3.05, 3.63) is 47.4 Å². The van der Waals surface area contributed by atoms with Gasteiger partial charge in [0.1, 0.15) is 18.2 Å². The SMILES string of the molecule is Cl.Cl.Nc1cc(COc2cncc(Cl)c2)ccn1. The van der Waals surface area contributed by atoms with Gasteiger partial charge in [-0.2, -0.15) is 0 Å². The Morgan fingerprint density at radius 3 is 2.67 bits per heavy atom. The highest BCUT2D eigenvalue weighted by Gasteiger charge is 1.98. The van der Waals surface area contributed by atoms with Gasteiger partial charge in [0.25, 0.3) is 0 Å². The number of pyridine rings is 2. The molecule has 2 N–H and O–H groups in total. The molecule has 0 aliphatic heterocycles. The van der Waals surface area contributed by atoms with Crippen LogP contribution in [0.4, 0.5) is 5.82 Å². The lowest BCUT2D eigenvalue weighted by atomic mass is 10.3. The lowest BCUT2D eigenvalue weighted by Crippen LogP contribution is -1.98. The average molecular weight is 309 g/mol. The summed E-state index contributed by atoms with van der Waals surface area (Å²) in [6, 6.07) is 5.31. The molecule has 18 heavy (non-hydrogen) atoms. The zero-order chi connectivity index (χ0) is 11.4. The molecule has 0 saturated carbocycles. The van der Waals surface area contributed by atoms with E-state index in [0.717, 1.165) is 5.56 Å². The van der Waals surface area contributed by atoms with Crippen molar-refractivity contribution in [2.24, 2.45) is 0 Å². The number of halogens is 3. The zero-order valence-corrected chi connectivity index (χ0v) is 11.6. The third kappa shape index (κ3) is 4.96. The molecular formula is C11H12Cl3N3O. The van der Waals surface area contributed by atoms with E-state index in [1.807, 2.05) is 6.07 Å². The van der Waals surface area contributed by atoms with E-state index < -0.39 is 0 Å². The van der Waals surface area contributed by atoms with E-state index in [0.29, 0.717) is 23.2 Å². The first-order chi connectivity index (χ1) is 7.74. The fourth-order valence-electron chi connectivity index (χ4n) is 1.22. The summed E-state index contributed by atoms with van der Waals surface area (Å²) in [5.74, 6) is 1.10. The van der Waals surface area contributed by atoms with Crippen molar-refractivity contribution in [1.29, 1.82) is 0 Å². The maximum atomic E-state index is 5.78. The molecule has 0 aliphatic carbocycles. The predicted molar refractivity (Wildman–Crippen MR) is 76.7 cm³/mol. The van der Waals surface area contributed by atoms with Crippen LogP contribution in [0.5, 0.6) is 5.75 Å². The maximum Gasteiger partial charge on any atom is 0.139 e. The first-order valence-corrected chi connectivity index (χ1v) is 5.05. The van der Waals surface area contributed by atoms with Crippen molar-refractivity contribution in [1.82, 2.24) is 9.97 Å². The minimum atomic E-state index is 0. The Kier molecular flexibility index (Phi) is 7.43. The van der Waals surface area contributed by atoms with E-state index >= 15 is 0 Å². The normalized spacial score (nSPS) is 8.94. The molecule has 98 valence electrons. The number of aromatic nitrogens is 2. The average Bonchev–Trinajstić information content (AvgIpc) is 2.27. The fraction of sp³-hybridized carbons (Fsp3) is 0.0909. The van der Waals surface area contributed by atoms with Gasteiger partial charge in [-0.05, 0) is 17.7 Å². The lowest BCUT2D eigenvalue weighted by molar-refractivity contribution is 0.305. The van der Waals surface area contributed by atoms with Gasteiger partial charge in [-0.3, -0.25) is 4.98 Å². The lowest BCUT2D eigenvalue weighted by Gasteiger charge is -2.06. The summed E-state index contributed by atoms with van der Waals surface area (Å²) < 4.78 is 5.50. The molecule has 0 saturated heterocycles. The van der Waals surface area contributed by atoms with Gasteiger partial charge in [-0.25, -0.2) is 4.98 Å². The van der Waals surface area contributed by atoms with Crippen molar-refractivity contribution < 1.29 is 4.74 Å². The molecule has 4 nitrogen and oxygen atoms in total. The molecule has 0 aliphatic rings. The van der Waals surface area contributed by atoms with Crippen LogP contribution >= 0.6 is 36.4 Å². The molecule has 0 unspecified atom stereocenters. The molecule has 2 aromatic heterocycles. The van der Waals surface area contributed by atoms with Crippen molar-refractivity contribution in [2.45, 2.75) is 6.61 Å². The summed E-state index contributed by atoms with van der Waals surface area (Å²) in [6.45, 7) is 0.411. The number of anilines is 1. The second-order valence-corrected chi connectivity index (χ2v) is 3.65. The minimum Gasteiger partial charge on any atom is -0.487 e. The van der Waals surface area contributed by atoms with E-state index in [1.54, 1.807) is 30.7 Å². The van der Waals surface area contributed by atoms with Gasteiger partial charge in [0.15, 0.2) is 0 Å². The van der Waals surface area contributed by atoms with Crippen LogP contribution in [-0.4, -0.2) is 9.97 Å². The third-order valence-corrected chi connectivity index (χ3v) is 2.14. The first-order valence-electron chi connectivity index (χ1n) is 4.68. The van der Waals surface area contributed by atoms with Crippen LogP contribution in [0.3, 0.4) is 0 Å². The van der Waals surface area contributed by atoms with Crippen LogP contribution in [-0.2, 0) is 6.61 Å². The fourth-order valence-corrected chi connectivity index (χ4v) is 1.39. The van der Waals surface area contributed by atoms with E-state index in [2.05, 4.69) is 9.97 Å². The molecule has 7 heteroatoms. The first kappa shape index (κ1) is 16.8. The summed E-state index contributed by atoms with van der Waals surface area (Å²) in [6.07, 6.45) is 4.81. The van der Waals surface area contributed by atoms with Crippen LogP contribution in [0.15, 0.2) is 36.8 Å². The maximum absolute atomic E-state index is 5.78. The Labute approximate surface area is 122 Å². The van der Waals surface area contributed by atoms with Gasteiger partial charge in [-0.1, -0.05) is 11.6 Å². The molecule has 0 radical (unpaired) electrons. The highest BCUT2D eigenvalue weighted by Crippen LogP contribution is 2.16. The smallest absolute Gasteiger partial charge is 0.139 e. The Balaban J connectivity index is 0.00000144. The van der Waals surface area contributed by atoms with Crippen molar-refractivity contribution in [2.75, 3.05) is 5.73 Å². The number of nitrogens with zero attached hydrogens (tertiary/aromatic N) is 2. The van der Waals surface area contributed by atoms with Crippen LogP contribution in [0.25, 0.3) is 0 Å². The van der Waals surface area contributed by atoms with Crippen LogP contribution in [0.1, 0.15) is 5.56 Å². The zero-order valence-electron chi connectivity index (χ0n) is 9.25. The van der Waals surface area contributed by atoms with Crippen LogP contribution in [0, 0.1) is 0 Å². The van der Waals surface area contributed by atoms with Crippen molar-refractivity contribution >= 4 is 42.2 Å². The Bertz CT molecular complexity index is 451. The standard InChI is InChI=1S/C11H10ClN3O.2ClH/c12-9-4-10(6-14-5-9)16-7-8-1-2-15-11(13)3-8;;/h1-6H,7H2,(H2,13,15);2*1H. The van der Waals surface area contributed by atoms with E-state index in [1.165, 1.54) is 0 Å². The number of rotatable bonds is 3. The number of ether oxygens (including phenoxy) is 1. The topological polar surface area (TPSA) is 61.0 Å². The quantitative estimate of drug-likeness (QED) is 0.946. The van der Waals surface area contributed by atoms with Crippen LogP contribution in [0.2, 0.25) is 5.02 Å². The van der Waals surface area contributed by atoms with E-state index in [9.17, 15) is 0 Å². The van der Waals surface area contributed by atoms with Crippen LogP contribution < -0.4 is 10.5 Å². The monoisotopic (exact) mass is 307 g/mol. The molecule has 0 aromatic carbocycles. The summed E-state index contributed by atoms with van der Waals surface area (Å²) in [7, 11) is 0. The van der Waals surface area contributed by atoms with Crippen molar-refractivity contribution in [3.63, 3.8) is 0 Å². The Hall–Kier alpha value is -1.23. The third-order valence-electron chi connectivity index (χ3n) is 1.93. The number of nitrogen functional groups attached to an aromatic ring is 1. The van der Waals surface area contributed by atoms with E-state index in [-0.39, 0.29) is 24.8 Å². The molecular weight excluding hydrogens is 297 g/mol. The summed E-state index contributed by atoms with van der Waals surface area (Å²) in [5.41, 5.74) is 6.50. The molecule has 0 amide bonds. The van der Waals surface area contributed by atoms with Gasteiger partial charge in [0.05, 0.1) is 11.2 Å². The molecule has 0 spiro atoms. The summed E-state index contributed by atoms with van der Waals surface area (Å²) in [4.78, 5) is 7.82. The van der Waals surface area contributed by atoms with Gasteiger partial charge in [-0.15, -0.1) is 24.8 Å². The van der Waals surface area contributed by atoms with Gasteiger partial charge < -0.3 is 10.5 Å². The van der Waals surface area contributed by atoms with Gasteiger partial charge in [0.2, 0.25) is 0 Å². The molecule has 0 atom stereocenters. The highest BCUT2D eigenvalue weighted by atomic mass is 35.5.